The summed E-state index contributed by atoms with van der Waals surface area (Å²) in [5, 5.41) is 3.29. The minimum absolute atomic E-state index is 0.384. The van der Waals surface area contributed by atoms with Crippen LogP contribution in [0.2, 0.25) is 0 Å². The zero-order valence-corrected chi connectivity index (χ0v) is 10.2. The van der Waals surface area contributed by atoms with Gasteiger partial charge < -0.3 is 10.1 Å². The molecule has 0 aromatic rings. The van der Waals surface area contributed by atoms with E-state index < -0.39 is 6.17 Å². The Balaban J connectivity index is 2.12. The molecule has 0 spiro atoms. The first-order valence-electron chi connectivity index (χ1n) is 5.95. The van der Waals surface area contributed by atoms with Gasteiger partial charge in [0, 0.05) is 18.0 Å². The molecule has 0 aromatic heterocycles. The highest BCUT2D eigenvalue weighted by Crippen LogP contribution is 2.25. The van der Waals surface area contributed by atoms with Gasteiger partial charge in [0.05, 0.1) is 12.8 Å². The molecule has 0 amide bonds. The molecule has 0 aliphatic heterocycles. The van der Waals surface area contributed by atoms with E-state index in [4.69, 9.17) is 4.74 Å². The second-order valence-electron chi connectivity index (χ2n) is 4.42. The average molecular weight is 235 g/mol. The van der Waals surface area contributed by atoms with Crippen LogP contribution in [0.25, 0.3) is 0 Å². The largest absolute Gasteiger partial charge is 0.499 e. The van der Waals surface area contributed by atoms with Gasteiger partial charge in [-0.3, -0.25) is 0 Å². The van der Waals surface area contributed by atoms with E-state index >= 15 is 0 Å². The Labute approximate surface area is 102 Å². The van der Waals surface area contributed by atoms with Gasteiger partial charge in [-0.05, 0) is 24.6 Å². The van der Waals surface area contributed by atoms with Crippen molar-refractivity contribution in [1.29, 1.82) is 0 Å². The molecular weight excluding hydrogens is 217 g/mol. The third-order valence-electron chi connectivity index (χ3n) is 3.03. The monoisotopic (exact) mass is 235 g/mol. The predicted octanol–water partition coefficient (Wildman–Crippen LogP) is 3.21. The summed E-state index contributed by atoms with van der Waals surface area (Å²) in [5.41, 5.74) is 1.90. The van der Waals surface area contributed by atoms with E-state index in [0.717, 1.165) is 23.6 Å². The number of nitrogens with one attached hydrogen (secondary N) is 1. The quantitative estimate of drug-likeness (QED) is 0.811. The first-order chi connectivity index (χ1) is 8.20. The fourth-order valence-electron chi connectivity index (χ4n) is 2.10. The zero-order valence-electron chi connectivity index (χ0n) is 10.2. The van der Waals surface area contributed by atoms with Crippen LogP contribution < -0.4 is 5.32 Å². The molecule has 0 radical (unpaired) electrons. The summed E-state index contributed by atoms with van der Waals surface area (Å²) < 4.78 is 18.3. The number of allylic oxidation sites excluding steroid dienone is 6. The van der Waals surface area contributed by atoms with Crippen LogP contribution in [0.5, 0.6) is 0 Å². The molecular formula is C14H18FNO. The highest BCUT2D eigenvalue weighted by molar-refractivity contribution is 5.34. The highest BCUT2D eigenvalue weighted by atomic mass is 19.1. The van der Waals surface area contributed by atoms with Crippen molar-refractivity contribution in [2.75, 3.05) is 7.11 Å². The third kappa shape index (κ3) is 2.78. The van der Waals surface area contributed by atoms with Crippen LogP contribution in [0, 0.1) is 5.92 Å². The number of rotatable bonds is 3. The van der Waals surface area contributed by atoms with Gasteiger partial charge in [0.2, 0.25) is 0 Å². The van der Waals surface area contributed by atoms with Crippen molar-refractivity contribution in [2.45, 2.75) is 25.9 Å². The minimum atomic E-state index is -0.850. The lowest BCUT2D eigenvalue weighted by atomic mass is 9.98. The SMILES string of the molecule is COC1=C(NC2=CCC(F)C=C2)C=CCC1C. The van der Waals surface area contributed by atoms with Gasteiger partial charge in [-0.2, -0.15) is 0 Å². The van der Waals surface area contributed by atoms with Gasteiger partial charge in [0.1, 0.15) is 11.9 Å². The normalized spacial score (nSPS) is 28.1. The second kappa shape index (κ2) is 5.21. The van der Waals surface area contributed by atoms with Crippen molar-refractivity contribution in [2.24, 2.45) is 5.92 Å². The van der Waals surface area contributed by atoms with E-state index in [-0.39, 0.29) is 0 Å². The summed E-state index contributed by atoms with van der Waals surface area (Å²) in [4.78, 5) is 0. The molecule has 2 atom stereocenters. The van der Waals surface area contributed by atoms with Crippen LogP contribution in [0.3, 0.4) is 0 Å². The lowest BCUT2D eigenvalue weighted by molar-refractivity contribution is 0.240. The Morgan fingerprint density at radius 2 is 2.18 bits per heavy atom. The number of hydrogen-bond donors (Lipinski definition) is 1. The summed E-state index contributed by atoms with van der Waals surface area (Å²) in [7, 11) is 1.69. The summed E-state index contributed by atoms with van der Waals surface area (Å²) in [6.07, 6.45) is 9.96. The summed E-state index contributed by atoms with van der Waals surface area (Å²) in [6, 6.07) is 0. The fraction of sp³-hybridized carbons (Fsp3) is 0.429. The van der Waals surface area contributed by atoms with Crippen LogP contribution in [-0.4, -0.2) is 13.3 Å². The zero-order chi connectivity index (χ0) is 12.3. The molecule has 0 saturated carbocycles. The minimum Gasteiger partial charge on any atom is -0.499 e. The maximum absolute atomic E-state index is 12.9. The number of alkyl halides is 1. The van der Waals surface area contributed by atoms with E-state index in [1.54, 1.807) is 19.3 Å². The van der Waals surface area contributed by atoms with E-state index in [9.17, 15) is 4.39 Å². The molecule has 0 aromatic carbocycles. The molecule has 92 valence electrons. The maximum atomic E-state index is 12.9. The third-order valence-corrected chi connectivity index (χ3v) is 3.03. The molecule has 2 aliphatic rings. The van der Waals surface area contributed by atoms with Gasteiger partial charge >= 0.3 is 0 Å². The highest BCUT2D eigenvalue weighted by Gasteiger charge is 2.17. The van der Waals surface area contributed by atoms with Crippen molar-refractivity contribution in [3.63, 3.8) is 0 Å². The molecule has 0 fully saturated rings. The van der Waals surface area contributed by atoms with Crippen LogP contribution in [-0.2, 0) is 4.74 Å². The lowest BCUT2D eigenvalue weighted by Gasteiger charge is -2.22. The molecule has 1 N–H and O–H groups in total. The first kappa shape index (κ1) is 12.0. The van der Waals surface area contributed by atoms with Crippen LogP contribution in [0.1, 0.15) is 19.8 Å². The first-order valence-corrected chi connectivity index (χ1v) is 5.95. The standard InChI is InChI=1S/C14H18FNO/c1-10-4-3-5-13(14(10)17-2)16-12-8-6-11(15)7-9-12/h3,5-6,8-11,16H,4,7H2,1-2H3. The van der Waals surface area contributed by atoms with Crippen molar-refractivity contribution in [1.82, 2.24) is 5.32 Å². The van der Waals surface area contributed by atoms with Crippen molar-refractivity contribution in [3.8, 4) is 0 Å². The van der Waals surface area contributed by atoms with Gasteiger partial charge in [-0.25, -0.2) is 4.39 Å². The Bertz CT molecular complexity index is 406. The van der Waals surface area contributed by atoms with Crippen molar-refractivity contribution < 1.29 is 9.13 Å². The molecule has 17 heavy (non-hydrogen) atoms. The van der Waals surface area contributed by atoms with Gasteiger partial charge in [0.25, 0.3) is 0 Å². The van der Waals surface area contributed by atoms with E-state index in [1.807, 2.05) is 12.2 Å². The molecule has 0 saturated heterocycles. The van der Waals surface area contributed by atoms with Gasteiger partial charge in [0.15, 0.2) is 0 Å². The Kier molecular flexibility index (Phi) is 3.67. The fourth-order valence-corrected chi connectivity index (χ4v) is 2.10. The molecule has 2 rings (SSSR count). The van der Waals surface area contributed by atoms with E-state index in [0.29, 0.717) is 12.3 Å². The molecule has 0 bridgehead atoms. The number of methoxy groups -OCH3 is 1. The topological polar surface area (TPSA) is 21.3 Å². The maximum Gasteiger partial charge on any atom is 0.122 e. The second-order valence-corrected chi connectivity index (χ2v) is 4.42. The molecule has 2 nitrogen and oxygen atoms in total. The average Bonchev–Trinajstić information content (AvgIpc) is 2.32. The number of ether oxygens (including phenoxy) is 1. The summed E-state index contributed by atoms with van der Waals surface area (Å²) >= 11 is 0. The Morgan fingerprint density at radius 3 is 2.82 bits per heavy atom. The van der Waals surface area contributed by atoms with Crippen LogP contribution >= 0.6 is 0 Å². The number of hydrogen-bond acceptors (Lipinski definition) is 2. The van der Waals surface area contributed by atoms with Crippen molar-refractivity contribution >= 4 is 0 Å². The predicted molar refractivity (Wildman–Crippen MR) is 66.8 cm³/mol. The van der Waals surface area contributed by atoms with Crippen LogP contribution in [0.4, 0.5) is 4.39 Å². The molecule has 0 heterocycles. The van der Waals surface area contributed by atoms with Crippen LogP contribution in [0.15, 0.2) is 47.5 Å². The molecule has 2 aliphatic carbocycles. The smallest absolute Gasteiger partial charge is 0.122 e. The lowest BCUT2D eigenvalue weighted by Crippen LogP contribution is -2.19. The summed E-state index contributed by atoms with van der Waals surface area (Å²) in [5.74, 6) is 1.35. The van der Waals surface area contributed by atoms with Crippen molar-refractivity contribution in [3.05, 3.63) is 47.5 Å². The van der Waals surface area contributed by atoms with Gasteiger partial charge in [-0.15, -0.1) is 0 Å². The van der Waals surface area contributed by atoms with E-state index in [1.165, 1.54) is 0 Å². The Morgan fingerprint density at radius 1 is 1.35 bits per heavy atom. The number of halogens is 1. The van der Waals surface area contributed by atoms with E-state index in [2.05, 4.69) is 18.3 Å². The molecule has 3 heteroatoms. The van der Waals surface area contributed by atoms with Gasteiger partial charge in [-0.1, -0.05) is 19.1 Å². The summed E-state index contributed by atoms with van der Waals surface area (Å²) in [6.45, 7) is 2.13. The Hall–Kier alpha value is -1.51. The molecule has 2 unspecified atom stereocenters.